The largest absolute Gasteiger partial charge is 0.494 e. The van der Waals surface area contributed by atoms with E-state index in [1.165, 1.54) is 19.2 Å². The van der Waals surface area contributed by atoms with Gasteiger partial charge in [-0.2, -0.15) is 5.10 Å². The van der Waals surface area contributed by atoms with Gasteiger partial charge in [-0.3, -0.25) is 4.79 Å². The molecule has 0 saturated heterocycles. The van der Waals surface area contributed by atoms with Crippen LogP contribution in [-0.2, 0) is 4.74 Å². The first-order valence-corrected chi connectivity index (χ1v) is 6.45. The summed E-state index contributed by atoms with van der Waals surface area (Å²) in [6.45, 7) is 0. The molecule has 8 heteroatoms. The summed E-state index contributed by atoms with van der Waals surface area (Å²) in [7, 11) is 2.60. The lowest BCUT2D eigenvalue weighted by atomic mass is 10.1. The standard InChI is InChI=1S/C13H10Cl2N2O4/c1-20-12-8(14)5-7(6-9(12)15)10-3-4-11(18)17(16-10)13(19)21-2/h3-6H,1-2H3. The molecule has 2 rings (SSSR count). The number of hydrogen-bond acceptors (Lipinski definition) is 5. The van der Waals surface area contributed by atoms with Gasteiger partial charge in [-0.15, -0.1) is 4.68 Å². The van der Waals surface area contributed by atoms with Gasteiger partial charge in [0.2, 0.25) is 0 Å². The summed E-state index contributed by atoms with van der Waals surface area (Å²) in [6.07, 6.45) is -0.882. The molecule has 1 aromatic carbocycles. The van der Waals surface area contributed by atoms with Crippen molar-refractivity contribution >= 4 is 29.3 Å². The molecule has 0 spiro atoms. The van der Waals surface area contributed by atoms with Crippen LogP contribution in [0.3, 0.4) is 0 Å². The number of rotatable bonds is 2. The summed E-state index contributed by atoms with van der Waals surface area (Å²) < 4.78 is 10.1. The summed E-state index contributed by atoms with van der Waals surface area (Å²) in [4.78, 5) is 23.0. The minimum absolute atomic E-state index is 0.289. The summed E-state index contributed by atoms with van der Waals surface area (Å²) >= 11 is 12.1. The van der Waals surface area contributed by atoms with E-state index in [1.54, 1.807) is 12.1 Å². The SMILES string of the molecule is COC(=O)n1nc(-c2cc(Cl)c(OC)c(Cl)c2)ccc1=O. The minimum atomic E-state index is -0.882. The molecule has 2 aromatic rings. The Morgan fingerprint density at radius 3 is 2.33 bits per heavy atom. The average Bonchev–Trinajstić information content (AvgIpc) is 2.46. The number of halogens is 2. The van der Waals surface area contributed by atoms with Crippen LogP contribution in [-0.4, -0.2) is 30.1 Å². The van der Waals surface area contributed by atoms with Crippen LogP contribution in [0.25, 0.3) is 11.3 Å². The normalized spacial score (nSPS) is 10.3. The first-order chi connectivity index (χ1) is 9.97. The zero-order valence-corrected chi connectivity index (χ0v) is 12.6. The molecular formula is C13H10Cl2N2O4. The molecule has 0 amide bonds. The van der Waals surface area contributed by atoms with Crippen LogP contribution in [0.2, 0.25) is 10.0 Å². The highest BCUT2D eigenvalue weighted by Crippen LogP contribution is 2.36. The molecule has 1 aromatic heterocycles. The number of ether oxygens (including phenoxy) is 2. The predicted octanol–water partition coefficient (Wildman–Crippen LogP) is 2.84. The molecule has 21 heavy (non-hydrogen) atoms. The maximum Gasteiger partial charge on any atom is 0.437 e. The molecule has 110 valence electrons. The third kappa shape index (κ3) is 3.01. The topological polar surface area (TPSA) is 70.4 Å². The van der Waals surface area contributed by atoms with Crippen LogP contribution in [0.15, 0.2) is 29.1 Å². The van der Waals surface area contributed by atoms with Crippen molar-refractivity contribution < 1.29 is 14.3 Å². The van der Waals surface area contributed by atoms with Gasteiger partial charge in [-0.1, -0.05) is 23.2 Å². The van der Waals surface area contributed by atoms with Gasteiger partial charge >= 0.3 is 6.09 Å². The van der Waals surface area contributed by atoms with E-state index in [4.69, 9.17) is 27.9 Å². The van der Waals surface area contributed by atoms with E-state index in [9.17, 15) is 9.59 Å². The van der Waals surface area contributed by atoms with E-state index in [-0.39, 0.29) is 10.0 Å². The quantitative estimate of drug-likeness (QED) is 0.847. The molecule has 0 atom stereocenters. The fourth-order valence-corrected chi connectivity index (χ4v) is 2.33. The van der Waals surface area contributed by atoms with Crippen molar-refractivity contribution in [2.45, 2.75) is 0 Å². The van der Waals surface area contributed by atoms with Crippen LogP contribution in [0.4, 0.5) is 4.79 Å². The molecule has 6 nitrogen and oxygen atoms in total. The maximum absolute atomic E-state index is 11.6. The summed E-state index contributed by atoms with van der Waals surface area (Å²) in [6, 6.07) is 5.79. The zero-order valence-electron chi connectivity index (χ0n) is 11.1. The Kier molecular flexibility index (Phi) is 4.50. The molecule has 0 fully saturated rings. The molecule has 0 N–H and O–H groups in total. The summed E-state index contributed by atoms with van der Waals surface area (Å²) in [5.74, 6) is 0.336. The number of carbonyl (C=O) groups excluding carboxylic acids is 1. The highest BCUT2D eigenvalue weighted by molar-refractivity contribution is 6.37. The number of nitrogens with zero attached hydrogens (tertiary/aromatic N) is 2. The Balaban J connectivity index is 2.58. The Morgan fingerprint density at radius 1 is 1.19 bits per heavy atom. The Morgan fingerprint density at radius 2 is 1.81 bits per heavy atom. The lowest BCUT2D eigenvalue weighted by Crippen LogP contribution is -2.29. The number of carbonyl (C=O) groups is 1. The third-order valence-corrected chi connectivity index (χ3v) is 3.21. The molecule has 0 unspecified atom stereocenters. The van der Waals surface area contributed by atoms with Gasteiger partial charge in [0.15, 0.2) is 5.75 Å². The van der Waals surface area contributed by atoms with E-state index >= 15 is 0 Å². The Labute approximate surface area is 129 Å². The first kappa shape index (κ1) is 15.3. The summed E-state index contributed by atoms with van der Waals surface area (Å²) in [5.41, 5.74) is 0.270. The molecule has 0 bridgehead atoms. The smallest absolute Gasteiger partial charge is 0.437 e. The van der Waals surface area contributed by atoms with Gasteiger partial charge in [0.1, 0.15) is 0 Å². The number of methoxy groups -OCH3 is 2. The second kappa shape index (κ2) is 6.15. The third-order valence-electron chi connectivity index (χ3n) is 2.65. The van der Waals surface area contributed by atoms with E-state index in [0.29, 0.717) is 21.7 Å². The van der Waals surface area contributed by atoms with Gasteiger partial charge in [0.25, 0.3) is 5.56 Å². The van der Waals surface area contributed by atoms with Crippen molar-refractivity contribution in [3.63, 3.8) is 0 Å². The monoisotopic (exact) mass is 328 g/mol. The molecule has 0 radical (unpaired) electrons. The minimum Gasteiger partial charge on any atom is -0.494 e. The van der Waals surface area contributed by atoms with Crippen molar-refractivity contribution in [3.05, 3.63) is 44.7 Å². The van der Waals surface area contributed by atoms with E-state index in [1.807, 2.05) is 0 Å². The Hall–Kier alpha value is -2.05. The van der Waals surface area contributed by atoms with E-state index < -0.39 is 11.7 Å². The highest BCUT2D eigenvalue weighted by atomic mass is 35.5. The van der Waals surface area contributed by atoms with Crippen LogP contribution < -0.4 is 10.3 Å². The van der Waals surface area contributed by atoms with Gasteiger partial charge in [0.05, 0.1) is 30.0 Å². The van der Waals surface area contributed by atoms with Crippen LogP contribution >= 0.6 is 23.2 Å². The maximum atomic E-state index is 11.6. The average molecular weight is 329 g/mol. The predicted molar refractivity (Wildman–Crippen MR) is 78.3 cm³/mol. The molecule has 0 saturated carbocycles. The van der Waals surface area contributed by atoms with Crippen molar-refractivity contribution in [1.82, 2.24) is 9.78 Å². The number of hydrogen-bond donors (Lipinski definition) is 0. The van der Waals surface area contributed by atoms with E-state index in [2.05, 4.69) is 9.84 Å². The number of aromatic nitrogens is 2. The van der Waals surface area contributed by atoms with Crippen molar-refractivity contribution in [1.29, 1.82) is 0 Å². The lowest BCUT2D eigenvalue weighted by molar-refractivity contribution is 0.167. The molecule has 0 aliphatic rings. The zero-order chi connectivity index (χ0) is 15.6. The van der Waals surface area contributed by atoms with Gasteiger partial charge in [-0.25, -0.2) is 4.79 Å². The van der Waals surface area contributed by atoms with Crippen LogP contribution in [0, 0.1) is 0 Å². The molecule has 0 aliphatic heterocycles. The lowest BCUT2D eigenvalue weighted by Gasteiger charge is -2.09. The fourth-order valence-electron chi connectivity index (χ4n) is 1.69. The molecule has 1 heterocycles. The number of benzene rings is 1. The van der Waals surface area contributed by atoms with Crippen molar-refractivity contribution in [2.75, 3.05) is 14.2 Å². The van der Waals surface area contributed by atoms with Crippen LogP contribution in [0.5, 0.6) is 5.75 Å². The second-order valence-electron chi connectivity index (χ2n) is 3.91. The van der Waals surface area contributed by atoms with Crippen molar-refractivity contribution in [3.8, 4) is 17.0 Å². The van der Waals surface area contributed by atoms with Gasteiger partial charge in [-0.05, 0) is 18.2 Å². The second-order valence-corrected chi connectivity index (χ2v) is 4.73. The van der Waals surface area contributed by atoms with Gasteiger partial charge < -0.3 is 9.47 Å². The molecular weight excluding hydrogens is 319 g/mol. The summed E-state index contributed by atoms with van der Waals surface area (Å²) in [5, 5.41) is 4.50. The first-order valence-electron chi connectivity index (χ1n) is 5.70. The van der Waals surface area contributed by atoms with Gasteiger partial charge in [0, 0.05) is 11.6 Å². The van der Waals surface area contributed by atoms with Crippen molar-refractivity contribution in [2.24, 2.45) is 0 Å². The Bertz CT molecular complexity index is 735. The fraction of sp³-hybridized carbons (Fsp3) is 0.154. The highest BCUT2D eigenvalue weighted by Gasteiger charge is 2.14. The van der Waals surface area contributed by atoms with Crippen LogP contribution in [0.1, 0.15) is 0 Å². The van der Waals surface area contributed by atoms with E-state index in [0.717, 1.165) is 7.11 Å². The molecule has 0 aliphatic carbocycles.